The number of nitrogens with zero attached hydrogens (tertiary/aromatic N) is 3. The standard InChI is InChI=1S/C26H26N4O6S/c1-3-36-25(32)22-23(17-8-5-4-6-9-17)28-26-29(20(16-37-26)15-21(31)27-12-13-35-2)24(22)18-10-7-11-19(14-18)30(33)34/h4-11,14,16,24H,3,12-13,15H2,1-2H3,(H,27,31). The molecular formula is C26H26N4O6S. The van der Waals surface area contributed by atoms with Crippen LogP contribution in [0.5, 0.6) is 0 Å². The number of amides is 1. The van der Waals surface area contributed by atoms with Crippen molar-refractivity contribution in [3.05, 3.63) is 92.5 Å². The van der Waals surface area contributed by atoms with Gasteiger partial charge in [-0.1, -0.05) is 54.2 Å². The Morgan fingerprint density at radius 2 is 1.97 bits per heavy atom. The van der Waals surface area contributed by atoms with Gasteiger partial charge in [-0.3, -0.25) is 14.9 Å². The van der Waals surface area contributed by atoms with Crippen molar-refractivity contribution in [2.45, 2.75) is 19.4 Å². The number of thioether (sulfide) groups is 1. The number of nitrogens with one attached hydrogen (secondary N) is 1. The van der Waals surface area contributed by atoms with Crippen LogP contribution in [0, 0.1) is 10.1 Å². The topological polar surface area (TPSA) is 123 Å². The molecule has 2 heterocycles. The van der Waals surface area contributed by atoms with Crippen molar-refractivity contribution in [2.75, 3.05) is 26.9 Å². The van der Waals surface area contributed by atoms with E-state index in [-0.39, 0.29) is 30.2 Å². The number of hydrogen-bond acceptors (Lipinski definition) is 9. The number of nitro groups is 1. The average Bonchev–Trinajstić information content (AvgIpc) is 3.30. The molecule has 2 aromatic rings. The SMILES string of the molecule is CCOC(=O)C1=C(c2ccccc2)N=C2SC=C(CC(=O)NCCOC)N2C1c1cccc([N+](=O)[O-])c1. The van der Waals surface area contributed by atoms with E-state index in [1.54, 1.807) is 31.1 Å². The second-order valence-electron chi connectivity index (χ2n) is 8.11. The smallest absolute Gasteiger partial charge is 0.338 e. The van der Waals surface area contributed by atoms with Crippen molar-refractivity contribution in [3.63, 3.8) is 0 Å². The number of nitro benzene ring substituents is 1. The fraction of sp³-hybridized carbons (Fsp3) is 0.269. The molecule has 0 aromatic heterocycles. The minimum Gasteiger partial charge on any atom is -0.463 e. The predicted octanol–water partition coefficient (Wildman–Crippen LogP) is 4.02. The highest BCUT2D eigenvalue weighted by atomic mass is 32.2. The number of fused-ring (bicyclic) bond motifs is 1. The normalized spacial score (nSPS) is 16.6. The zero-order chi connectivity index (χ0) is 26.4. The third-order valence-electron chi connectivity index (χ3n) is 5.72. The molecule has 0 fully saturated rings. The van der Waals surface area contributed by atoms with Gasteiger partial charge in [-0.15, -0.1) is 0 Å². The number of amidine groups is 1. The number of esters is 1. The molecule has 0 radical (unpaired) electrons. The Kier molecular flexibility index (Phi) is 8.36. The summed E-state index contributed by atoms with van der Waals surface area (Å²) in [7, 11) is 1.55. The molecular weight excluding hydrogens is 496 g/mol. The number of methoxy groups -OCH3 is 1. The summed E-state index contributed by atoms with van der Waals surface area (Å²) in [6.07, 6.45) is 0.0257. The van der Waals surface area contributed by atoms with Crippen molar-refractivity contribution in [2.24, 2.45) is 4.99 Å². The molecule has 4 rings (SSSR count). The van der Waals surface area contributed by atoms with Crippen LogP contribution in [0.3, 0.4) is 0 Å². The summed E-state index contributed by atoms with van der Waals surface area (Å²) in [6.45, 7) is 2.59. The van der Waals surface area contributed by atoms with Crippen LogP contribution in [0.15, 0.2) is 76.3 Å². The lowest BCUT2D eigenvalue weighted by Crippen LogP contribution is -2.38. The number of carbonyl (C=O) groups is 2. The van der Waals surface area contributed by atoms with E-state index in [1.807, 2.05) is 35.7 Å². The zero-order valence-corrected chi connectivity index (χ0v) is 21.2. The van der Waals surface area contributed by atoms with Crippen molar-refractivity contribution in [1.29, 1.82) is 0 Å². The molecule has 2 aliphatic heterocycles. The summed E-state index contributed by atoms with van der Waals surface area (Å²) in [5.41, 5.74) is 2.38. The molecule has 192 valence electrons. The Morgan fingerprint density at radius 1 is 1.19 bits per heavy atom. The van der Waals surface area contributed by atoms with Gasteiger partial charge in [0.05, 0.1) is 41.9 Å². The first-order valence-electron chi connectivity index (χ1n) is 11.6. The van der Waals surface area contributed by atoms with E-state index in [4.69, 9.17) is 14.5 Å². The van der Waals surface area contributed by atoms with Crippen LogP contribution in [0.4, 0.5) is 5.69 Å². The largest absolute Gasteiger partial charge is 0.463 e. The minimum atomic E-state index is -0.797. The Hall–Kier alpha value is -3.96. The third kappa shape index (κ3) is 5.73. The number of ether oxygens (including phenoxy) is 2. The maximum atomic E-state index is 13.4. The summed E-state index contributed by atoms with van der Waals surface area (Å²) in [6, 6.07) is 14.6. The van der Waals surface area contributed by atoms with Gasteiger partial charge < -0.3 is 19.7 Å². The molecule has 0 spiro atoms. The molecule has 2 aliphatic rings. The van der Waals surface area contributed by atoms with E-state index >= 15 is 0 Å². The van der Waals surface area contributed by atoms with Gasteiger partial charge in [-0.2, -0.15) is 0 Å². The highest BCUT2D eigenvalue weighted by Gasteiger charge is 2.42. The minimum absolute atomic E-state index is 0.0257. The van der Waals surface area contributed by atoms with Gasteiger partial charge in [-0.05, 0) is 17.9 Å². The summed E-state index contributed by atoms with van der Waals surface area (Å²) in [5, 5.41) is 16.8. The number of aliphatic imine (C=N–C) groups is 1. The van der Waals surface area contributed by atoms with E-state index < -0.39 is 16.9 Å². The van der Waals surface area contributed by atoms with Crippen LogP contribution in [0.25, 0.3) is 5.70 Å². The van der Waals surface area contributed by atoms with Gasteiger partial charge in [0.2, 0.25) is 5.91 Å². The molecule has 1 N–H and O–H groups in total. The molecule has 37 heavy (non-hydrogen) atoms. The third-order valence-corrected chi connectivity index (χ3v) is 6.61. The highest BCUT2D eigenvalue weighted by molar-refractivity contribution is 8.16. The highest BCUT2D eigenvalue weighted by Crippen LogP contribution is 2.47. The van der Waals surface area contributed by atoms with Gasteiger partial charge in [0, 0.05) is 37.0 Å². The summed E-state index contributed by atoms with van der Waals surface area (Å²) < 4.78 is 10.4. The number of benzene rings is 2. The summed E-state index contributed by atoms with van der Waals surface area (Å²) >= 11 is 1.33. The van der Waals surface area contributed by atoms with Gasteiger partial charge >= 0.3 is 5.97 Å². The molecule has 1 amide bonds. The maximum absolute atomic E-state index is 13.4. The summed E-state index contributed by atoms with van der Waals surface area (Å²) in [5.74, 6) is -0.806. The predicted molar refractivity (Wildman–Crippen MR) is 140 cm³/mol. The van der Waals surface area contributed by atoms with Crippen LogP contribution in [0.2, 0.25) is 0 Å². The monoisotopic (exact) mass is 522 g/mol. The zero-order valence-electron chi connectivity index (χ0n) is 20.4. The Bertz CT molecular complexity index is 1290. The van der Waals surface area contributed by atoms with Crippen LogP contribution in [-0.4, -0.2) is 53.7 Å². The molecule has 0 saturated heterocycles. The quantitative estimate of drug-likeness (QED) is 0.215. The second-order valence-corrected chi connectivity index (χ2v) is 8.95. The second kappa shape index (κ2) is 11.8. The average molecular weight is 523 g/mol. The van der Waals surface area contributed by atoms with E-state index in [0.717, 1.165) is 0 Å². The fourth-order valence-electron chi connectivity index (χ4n) is 4.13. The van der Waals surface area contributed by atoms with Gasteiger partial charge in [-0.25, -0.2) is 9.79 Å². The lowest BCUT2D eigenvalue weighted by Gasteiger charge is -2.36. The number of hydrogen-bond donors (Lipinski definition) is 1. The van der Waals surface area contributed by atoms with E-state index in [1.165, 1.54) is 23.9 Å². The van der Waals surface area contributed by atoms with Crippen LogP contribution in [-0.2, 0) is 19.1 Å². The molecule has 1 unspecified atom stereocenters. The molecule has 0 bridgehead atoms. The van der Waals surface area contributed by atoms with Gasteiger partial charge in [0.1, 0.15) is 0 Å². The summed E-state index contributed by atoms with van der Waals surface area (Å²) in [4.78, 5) is 43.8. The molecule has 0 saturated carbocycles. The van der Waals surface area contributed by atoms with Crippen molar-refractivity contribution in [3.8, 4) is 0 Å². The fourth-order valence-corrected chi connectivity index (χ4v) is 5.05. The lowest BCUT2D eigenvalue weighted by molar-refractivity contribution is -0.384. The molecule has 2 aromatic carbocycles. The number of rotatable bonds is 10. The van der Waals surface area contributed by atoms with Gasteiger partial charge in [0.15, 0.2) is 5.17 Å². The Morgan fingerprint density at radius 3 is 2.68 bits per heavy atom. The first-order chi connectivity index (χ1) is 17.9. The van der Waals surface area contributed by atoms with E-state index in [9.17, 15) is 19.7 Å². The molecule has 0 aliphatic carbocycles. The number of non-ortho nitro benzene ring substituents is 1. The van der Waals surface area contributed by atoms with Crippen LogP contribution < -0.4 is 5.32 Å². The van der Waals surface area contributed by atoms with Crippen molar-refractivity contribution < 1.29 is 24.0 Å². The van der Waals surface area contributed by atoms with Crippen molar-refractivity contribution >= 4 is 40.2 Å². The Labute approximate surface area is 218 Å². The van der Waals surface area contributed by atoms with E-state index in [0.29, 0.717) is 40.8 Å². The Balaban J connectivity index is 1.85. The van der Waals surface area contributed by atoms with Crippen molar-refractivity contribution in [1.82, 2.24) is 10.2 Å². The number of carbonyl (C=O) groups excluding carboxylic acids is 2. The van der Waals surface area contributed by atoms with E-state index in [2.05, 4.69) is 5.32 Å². The lowest BCUT2D eigenvalue weighted by atomic mass is 9.91. The molecule has 1 atom stereocenters. The van der Waals surface area contributed by atoms with Crippen LogP contribution in [0.1, 0.15) is 30.5 Å². The first kappa shape index (κ1) is 26.1. The maximum Gasteiger partial charge on any atom is 0.338 e. The van der Waals surface area contributed by atoms with Gasteiger partial charge in [0.25, 0.3) is 5.69 Å². The van der Waals surface area contributed by atoms with Crippen LogP contribution >= 0.6 is 11.8 Å². The molecule has 10 nitrogen and oxygen atoms in total. The first-order valence-corrected chi connectivity index (χ1v) is 12.5. The molecule has 11 heteroatoms.